The lowest BCUT2D eigenvalue weighted by Crippen LogP contribution is -2.39. The fraction of sp³-hybridized carbons (Fsp3) is 0.444. The fourth-order valence-corrected chi connectivity index (χ4v) is 2.96. The predicted molar refractivity (Wildman–Crippen MR) is 91.1 cm³/mol. The smallest absolute Gasteiger partial charge is 0.251 e. The molecule has 0 bridgehead atoms. The topological polar surface area (TPSA) is 75.4 Å². The van der Waals surface area contributed by atoms with E-state index in [9.17, 15) is 9.59 Å². The predicted octanol–water partition coefficient (Wildman–Crippen LogP) is 1.62. The van der Waals surface area contributed by atoms with E-state index in [2.05, 4.69) is 11.4 Å². The molecule has 1 aliphatic heterocycles. The zero-order valence-corrected chi connectivity index (χ0v) is 13.8. The van der Waals surface area contributed by atoms with Crippen LogP contribution < -0.4 is 11.1 Å². The standard InChI is InChI=1S/C18H25N3O2/c1-13-6-3-4-8-16(13)18(23)20-14(2)10-15-7-5-9-21(11-15)12-17(19)22/h3-4,6-8,14H,5,9-12H2,1-2H3,(H2,19,22)(H,20,23)/t14-/m1/s1. The Morgan fingerprint density at radius 3 is 2.78 bits per heavy atom. The van der Waals surface area contributed by atoms with E-state index in [4.69, 9.17) is 5.73 Å². The molecule has 5 heteroatoms. The van der Waals surface area contributed by atoms with Gasteiger partial charge in [-0.3, -0.25) is 14.5 Å². The Labute approximate surface area is 137 Å². The van der Waals surface area contributed by atoms with E-state index in [1.165, 1.54) is 5.57 Å². The molecule has 0 saturated heterocycles. The lowest BCUT2D eigenvalue weighted by atomic mass is 10.0. The maximum Gasteiger partial charge on any atom is 0.251 e. The molecule has 2 rings (SSSR count). The number of primary amides is 1. The third-order valence-corrected chi connectivity index (χ3v) is 4.02. The molecule has 5 nitrogen and oxygen atoms in total. The lowest BCUT2D eigenvalue weighted by molar-refractivity contribution is -0.119. The number of nitrogens with two attached hydrogens (primary N) is 1. The maximum absolute atomic E-state index is 12.3. The number of benzene rings is 1. The third kappa shape index (κ3) is 5.21. The summed E-state index contributed by atoms with van der Waals surface area (Å²) in [6.45, 7) is 5.83. The quantitative estimate of drug-likeness (QED) is 0.783. The third-order valence-electron chi connectivity index (χ3n) is 4.02. The zero-order chi connectivity index (χ0) is 16.8. The molecule has 0 aromatic heterocycles. The van der Waals surface area contributed by atoms with Gasteiger partial charge in [0.1, 0.15) is 0 Å². The molecule has 0 radical (unpaired) electrons. The van der Waals surface area contributed by atoms with Crippen molar-refractivity contribution in [2.45, 2.75) is 32.7 Å². The van der Waals surface area contributed by atoms with Crippen molar-refractivity contribution in [2.75, 3.05) is 19.6 Å². The highest BCUT2D eigenvalue weighted by Gasteiger charge is 2.17. The van der Waals surface area contributed by atoms with E-state index in [0.29, 0.717) is 12.1 Å². The van der Waals surface area contributed by atoms with Crippen molar-refractivity contribution in [3.05, 3.63) is 47.0 Å². The Kier molecular flexibility index (Phi) is 5.93. The zero-order valence-electron chi connectivity index (χ0n) is 13.8. The van der Waals surface area contributed by atoms with Gasteiger partial charge in [-0.15, -0.1) is 0 Å². The van der Waals surface area contributed by atoms with Crippen molar-refractivity contribution in [2.24, 2.45) is 5.73 Å². The van der Waals surface area contributed by atoms with Crippen molar-refractivity contribution in [3.8, 4) is 0 Å². The Hall–Kier alpha value is -2.14. The van der Waals surface area contributed by atoms with Crippen LogP contribution in [0.25, 0.3) is 0 Å². The summed E-state index contributed by atoms with van der Waals surface area (Å²) >= 11 is 0. The van der Waals surface area contributed by atoms with Gasteiger partial charge in [-0.2, -0.15) is 0 Å². The number of hydrogen-bond donors (Lipinski definition) is 2. The van der Waals surface area contributed by atoms with Crippen LogP contribution in [0.5, 0.6) is 0 Å². The Balaban J connectivity index is 1.88. The first kappa shape index (κ1) is 17.2. The molecule has 1 aromatic rings. The van der Waals surface area contributed by atoms with Gasteiger partial charge >= 0.3 is 0 Å². The van der Waals surface area contributed by atoms with E-state index in [-0.39, 0.29) is 17.9 Å². The van der Waals surface area contributed by atoms with Crippen molar-refractivity contribution >= 4 is 11.8 Å². The molecule has 3 N–H and O–H groups in total. The first-order valence-corrected chi connectivity index (χ1v) is 8.00. The second kappa shape index (κ2) is 7.92. The van der Waals surface area contributed by atoms with E-state index in [1.807, 2.05) is 43.0 Å². The van der Waals surface area contributed by atoms with E-state index in [0.717, 1.165) is 31.5 Å². The van der Waals surface area contributed by atoms with Crippen LogP contribution in [0, 0.1) is 6.92 Å². The molecule has 1 atom stereocenters. The van der Waals surface area contributed by atoms with Crippen LogP contribution in [0.4, 0.5) is 0 Å². The van der Waals surface area contributed by atoms with Crippen LogP contribution in [0.3, 0.4) is 0 Å². The molecular formula is C18H25N3O2. The Bertz CT molecular complexity index is 610. The van der Waals surface area contributed by atoms with E-state index < -0.39 is 0 Å². The van der Waals surface area contributed by atoms with Gasteiger partial charge in [-0.1, -0.05) is 29.8 Å². The second-order valence-electron chi connectivity index (χ2n) is 6.22. The summed E-state index contributed by atoms with van der Waals surface area (Å²) in [7, 11) is 0. The summed E-state index contributed by atoms with van der Waals surface area (Å²) in [4.78, 5) is 25.4. The number of hydrogen-bond acceptors (Lipinski definition) is 3. The number of carbonyl (C=O) groups excluding carboxylic acids is 2. The highest BCUT2D eigenvalue weighted by molar-refractivity contribution is 5.95. The summed E-state index contributed by atoms with van der Waals surface area (Å²) in [5.74, 6) is -0.340. The van der Waals surface area contributed by atoms with Gasteiger partial charge in [0.25, 0.3) is 5.91 Å². The average Bonchev–Trinajstić information content (AvgIpc) is 2.47. The minimum Gasteiger partial charge on any atom is -0.369 e. The maximum atomic E-state index is 12.3. The molecule has 124 valence electrons. The summed E-state index contributed by atoms with van der Waals surface area (Å²) in [5, 5.41) is 3.05. The summed E-state index contributed by atoms with van der Waals surface area (Å²) < 4.78 is 0. The van der Waals surface area contributed by atoms with Crippen LogP contribution in [0.1, 0.15) is 35.7 Å². The molecular weight excluding hydrogens is 290 g/mol. The molecule has 1 aromatic carbocycles. The minimum absolute atomic E-state index is 0.0407. The fourth-order valence-electron chi connectivity index (χ4n) is 2.96. The van der Waals surface area contributed by atoms with Gasteiger partial charge in [0.15, 0.2) is 0 Å². The van der Waals surface area contributed by atoms with Gasteiger partial charge < -0.3 is 11.1 Å². The van der Waals surface area contributed by atoms with Crippen LogP contribution in [-0.2, 0) is 4.79 Å². The van der Waals surface area contributed by atoms with Crippen molar-refractivity contribution < 1.29 is 9.59 Å². The molecule has 2 amide bonds. The molecule has 0 saturated carbocycles. The number of nitrogens with one attached hydrogen (secondary N) is 1. The largest absolute Gasteiger partial charge is 0.369 e. The van der Waals surface area contributed by atoms with Gasteiger partial charge in [-0.25, -0.2) is 0 Å². The number of aryl methyl sites for hydroxylation is 1. The SMILES string of the molecule is Cc1ccccc1C(=O)N[C@H](C)CC1=CCCN(CC(N)=O)C1. The highest BCUT2D eigenvalue weighted by atomic mass is 16.2. The first-order valence-electron chi connectivity index (χ1n) is 8.00. The Morgan fingerprint density at radius 2 is 2.09 bits per heavy atom. The van der Waals surface area contributed by atoms with Gasteiger partial charge in [0, 0.05) is 24.7 Å². The first-order chi connectivity index (χ1) is 11.0. The number of amides is 2. The number of rotatable bonds is 6. The average molecular weight is 315 g/mol. The molecule has 1 aliphatic rings. The summed E-state index contributed by atoms with van der Waals surface area (Å²) in [6.07, 6.45) is 3.90. The van der Waals surface area contributed by atoms with E-state index >= 15 is 0 Å². The highest BCUT2D eigenvalue weighted by Crippen LogP contribution is 2.15. The normalized spacial score (nSPS) is 16.5. The van der Waals surface area contributed by atoms with E-state index in [1.54, 1.807) is 0 Å². The molecule has 0 spiro atoms. The van der Waals surface area contributed by atoms with Crippen LogP contribution in [0.15, 0.2) is 35.9 Å². The van der Waals surface area contributed by atoms with Gasteiger partial charge in [0.2, 0.25) is 5.91 Å². The number of nitrogens with zero attached hydrogens (tertiary/aromatic N) is 1. The Morgan fingerprint density at radius 1 is 1.35 bits per heavy atom. The van der Waals surface area contributed by atoms with Gasteiger partial charge in [-0.05, 0) is 38.3 Å². The van der Waals surface area contributed by atoms with Crippen LogP contribution in [-0.4, -0.2) is 42.4 Å². The monoisotopic (exact) mass is 315 g/mol. The van der Waals surface area contributed by atoms with Crippen molar-refractivity contribution in [1.29, 1.82) is 0 Å². The molecule has 0 unspecified atom stereocenters. The lowest BCUT2D eigenvalue weighted by Gasteiger charge is -2.27. The van der Waals surface area contributed by atoms with Crippen molar-refractivity contribution in [1.82, 2.24) is 10.2 Å². The number of carbonyl (C=O) groups is 2. The van der Waals surface area contributed by atoms with Crippen LogP contribution >= 0.6 is 0 Å². The molecule has 0 aliphatic carbocycles. The minimum atomic E-state index is -0.299. The van der Waals surface area contributed by atoms with Gasteiger partial charge in [0.05, 0.1) is 6.54 Å². The van der Waals surface area contributed by atoms with Crippen LogP contribution in [0.2, 0.25) is 0 Å². The summed E-state index contributed by atoms with van der Waals surface area (Å²) in [6, 6.07) is 7.62. The molecule has 0 fully saturated rings. The summed E-state index contributed by atoms with van der Waals surface area (Å²) in [5.41, 5.74) is 8.19. The molecule has 23 heavy (non-hydrogen) atoms. The van der Waals surface area contributed by atoms with Crippen molar-refractivity contribution in [3.63, 3.8) is 0 Å². The second-order valence-corrected chi connectivity index (χ2v) is 6.22. The molecule has 1 heterocycles.